The monoisotopic (exact) mass is 366 g/mol. The van der Waals surface area contributed by atoms with Crippen molar-refractivity contribution < 1.29 is 13.9 Å². The van der Waals surface area contributed by atoms with E-state index in [1.165, 1.54) is 24.5 Å². The fraction of sp³-hybridized carbons (Fsp3) is 0.100. The third-order valence-electron chi connectivity index (χ3n) is 4.11. The van der Waals surface area contributed by atoms with Crippen LogP contribution in [0.1, 0.15) is 15.2 Å². The fourth-order valence-electron chi connectivity index (χ4n) is 2.96. The Hall–Kier alpha value is -2.83. The molecule has 2 aromatic heterocycles. The van der Waals surface area contributed by atoms with Gasteiger partial charge in [-0.2, -0.15) is 0 Å². The molecule has 0 radical (unpaired) electrons. The van der Waals surface area contributed by atoms with Crippen molar-refractivity contribution in [2.24, 2.45) is 0 Å². The molecule has 0 saturated carbocycles. The first-order valence-electron chi connectivity index (χ1n) is 8.02. The largest absolute Gasteiger partial charge is 0.380 e. The second kappa shape index (κ2) is 6.82. The zero-order valence-corrected chi connectivity index (χ0v) is 14.8. The minimum atomic E-state index is -0.350. The maximum absolute atomic E-state index is 14.3. The Morgan fingerprint density at radius 1 is 1.23 bits per heavy atom. The number of halogens is 1. The van der Waals surface area contributed by atoms with Crippen molar-refractivity contribution >= 4 is 43.9 Å². The predicted molar refractivity (Wildman–Crippen MR) is 102 cm³/mol. The summed E-state index contributed by atoms with van der Waals surface area (Å²) in [6.07, 6.45) is 1.62. The van der Waals surface area contributed by atoms with E-state index in [0.717, 1.165) is 15.6 Å². The highest BCUT2D eigenvalue weighted by Gasteiger charge is 2.21. The van der Waals surface area contributed by atoms with Crippen LogP contribution in [-0.2, 0) is 11.3 Å². The van der Waals surface area contributed by atoms with Crippen molar-refractivity contribution in [3.63, 3.8) is 0 Å². The summed E-state index contributed by atoms with van der Waals surface area (Å²) >= 11 is 1.26. The highest BCUT2D eigenvalue weighted by Crippen LogP contribution is 2.34. The Labute approximate surface area is 153 Å². The van der Waals surface area contributed by atoms with E-state index in [4.69, 9.17) is 4.74 Å². The van der Waals surface area contributed by atoms with E-state index >= 15 is 0 Å². The SMILES string of the molecule is COCc1c(C(=O)Nc2cnc3ccccc3c2)sc2cccc(F)c12. The Bertz CT molecular complexity index is 1120. The van der Waals surface area contributed by atoms with Crippen LogP contribution in [0.4, 0.5) is 10.1 Å². The lowest BCUT2D eigenvalue weighted by Gasteiger charge is -2.07. The van der Waals surface area contributed by atoms with E-state index in [1.54, 1.807) is 18.3 Å². The lowest BCUT2D eigenvalue weighted by atomic mass is 10.1. The highest BCUT2D eigenvalue weighted by molar-refractivity contribution is 7.21. The van der Waals surface area contributed by atoms with Crippen LogP contribution in [0.15, 0.2) is 54.7 Å². The number of ether oxygens (including phenoxy) is 1. The summed E-state index contributed by atoms with van der Waals surface area (Å²) in [5.74, 6) is -0.646. The van der Waals surface area contributed by atoms with Gasteiger partial charge in [0.2, 0.25) is 0 Å². The number of hydrogen-bond acceptors (Lipinski definition) is 4. The van der Waals surface area contributed by atoms with Gasteiger partial charge in [0.25, 0.3) is 5.91 Å². The Morgan fingerprint density at radius 2 is 2.08 bits per heavy atom. The van der Waals surface area contributed by atoms with Crippen molar-refractivity contribution in [2.45, 2.75) is 6.61 Å². The minimum absolute atomic E-state index is 0.166. The van der Waals surface area contributed by atoms with E-state index in [2.05, 4.69) is 10.3 Å². The lowest BCUT2D eigenvalue weighted by Crippen LogP contribution is -2.12. The first-order valence-corrected chi connectivity index (χ1v) is 8.84. The summed E-state index contributed by atoms with van der Waals surface area (Å²) in [4.78, 5) is 17.6. The van der Waals surface area contributed by atoms with Crippen molar-refractivity contribution in [3.8, 4) is 0 Å². The summed E-state index contributed by atoms with van der Waals surface area (Å²) in [6, 6.07) is 14.4. The fourth-order valence-corrected chi connectivity index (χ4v) is 4.08. The van der Waals surface area contributed by atoms with Crippen LogP contribution in [0.2, 0.25) is 0 Å². The lowest BCUT2D eigenvalue weighted by molar-refractivity contribution is 0.102. The molecule has 4 rings (SSSR count). The molecule has 2 heterocycles. The molecule has 1 amide bonds. The van der Waals surface area contributed by atoms with Crippen molar-refractivity contribution in [1.82, 2.24) is 4.98 Å². The Kier molecular flexibility index (Phi) is 4.36. The molecule has 0 atom stereocenters. The number of anilines is 1. The third kappa shape index (κ3) is 2.94. The smallest absolute Gasteiger partial charge is 0.266 e. The number of methoxy groups -OCH3 is 1. The van der Waals surface area contributed by atoms with Gasteiger partial charge in [-0.1, -0.05) is 24.3 Å². The quantitative estimate of drug-likeness (QED) is 0.554. The van der Waals surface area contributed by atoms with Crippen molar-refractivity contribution in [1.29, 1.82) is 0 Å². The number of aromatic nitrogens is 1. The maximum Gasteiger partial charge on any atom is 0.266 e. The van der Waals surface area contributed by atoms with Gasteiger partial charge in [-0.15, -0.1) is 11.3 Å². The van der Waals surface area contributed by atoms with Crippen LogP contribution < -0.4 is 5.32 Å². The number of nitrogens with zero attached hydrogens (tertiary/aromatic N) is 1. The van der Waals surface area contributed by atoms with Crippen LogP contribution in [0, 0.1) is 5.82 Å². The number of hydrogen-bond donors (Lipinski definition) is 1. The van der Waals surface area contributed by atoms with Crippen molar-refractivity contribution in [3.05, 3.63) is 71.0 Å². The molecule has 0 aliphatic heterocycles. The topological polar surface area (TPSA) is 51.2 Å². The minimum Gasteiger partial charge on any atom is -0.380 e. The number of carbonyl (C=O) groups excluding carboxylic acids is 1. The van der Waals surface area contributed by atoms with E-state index < -0.39 is 0 Å². The molecule has 0 unspecified atom stereocenters. The third-order valence-corrected chi connectivity index (χ3v) is 5.30. The van der Waals surface area contributed by atoms with Gasteiger partial charge < -0.3 is 10.1 Å². The zero-order valence-electron chi connectivity index (χ0n) is 14.0. The Morgan fingerprint density at radius 3 is 2.92 bits per heavy atom. The van der Waals surface area contributed by atoms with E-state index in [9.17, 15) is 9.18 Å². The molecule has 0 aliphatic rings. The van der Waals surface area contributed by atoms with Gasteiger partial charge in [0.15, 0.2) is 0 Å². The number of nitrogens with one attached hydrogen (secondary N) is 1. The predicted octanol–water partition coefficient (Wildman–Crippen LogP) is 4.99. The summed E-state index contributed by atoms with van der Waals surface area (Å²) in [5, 5.41) is 4.24. The molecule has 1 N–H and O–H groups in total. The van der Waals surface area contributed by atoms with E-state index in [1.807, 2.05) is 30.3 Å². The number of thiophene rings is 1. The molecular weight excluding hydrogens is 351 g/mol. The number of para-hydroxylation sites is 1. The first-order chi connectivity index (χ1) is 12.7. The summed E-state index contributed by atoms with van der Waals surface area (Å²) in [5.41, 5.74) is 2.02. The average molecular weight is 366 g/mol. The molecule has 26 heavy (non-hydrogen) atoms. The van der Waals surface area contributed by atoms with Crippen LogP contribution in [-0.4, -0.2) is 18.0 Å². The van der Waals surface area contributed by atoms with Gasteiger partial charge in [0, 0.05) is 28.1 Å². The van der Waals surface area contributed by atoms with Crippen LogP contribution in [0.3, 0.4) is 0 Å². The molecule has 0 bridgehead atoms. The molecule has 0 spiro atoms. The number of amides is 1. The second-order valence-electron chi connectivity index (χ2n) is 5.83. The average Bonchev–Trinajstić information content (AvgIpc) is 3.02. The zero-order chi connectivity index (χ0) is 18.1. The standard InChI is InChI=1S/C20H15FN2O2S/c1-25-11-14-18-15(21)6-4-8-17(18)26-19(14)20(24)23-13-9-12-5-2-3-7-16(12)22-10-13/h2-10H,11H2,1H3,(H,23,24). The Balaban J connectivity index is 1.73. The van der Waals surface area contributed by atoms with Gasteiger partial charge in [-0.05, 0) is 24.3 Å². The van der Waals surface area contributed by atoms with Crippen LogP contribution in [0.5, 0.6) is 0 Å². The molecule has 130 valence electrons. The molecule has 2 aromatic carbocycles. The van der Waals surface area contributed by atoms with Crippen LogP contribution >= 0.6 is 11.3 Å². The van der Waals surface area contributed by atoms with E-state index in [0.29, 0.717) is 21.5 Å². The van der Waals surface area contributed by atoms with Gasteiger partial charge in [-0.3, -0.25) is 9.78 Å². The number of pyridine rings is 1. The van der Waals surface area contributed by atoms with E-state index in [-0.39, 0.29) is 18.3 Å². The summed E-state index contributed by atoms with van der Waals surface area (Å²) in [6.45, 7) is 0.166. The molecule has 4 nitrogen and oxygen atoms in total. The van der Waals surface area contributed by atoms with Crippen LogP contribution in [0.25, 0.3) is 21.0 Å². The molecule has 0 fully saturated rings. The van der Waals surface area contributed by atoms with Gasteiger partial charge >= 0.3 is 0 Å². The molecule has 4 aromatic rings. The molecule has 0 saturated heterocycles. The molecule has 6 heteroatoms. The number of carbonyl (C=O) groups is 1. The highest BCUT2D eigenvalue weighted by atomic mass is 32.1. The van der Waals surface area contributed by atoms with Gasteiger partial charge in [-0.25, -0.2) is 4.39 Å². The molecule has 0 aliphatic carbocycles. The van der Waals surface area contributed by atoms with Gasteiger partial charge in [0.05, 0.1) is 28.9 Å². The van der Waals surface area contributed by atoms with Gasteiger partial charge in [0.1, 0.15) is 5.82 Å². The van der Waals surface area contributed by atoms with Crippen molar-refractivity contribution in [2.75, 3.05) is 12.4 Å². The summed E-state index contributed by atoms with van der Waals surface area (Å²) in [7, 11) is 1.53. The normalized spacial score (nSPS) is 11.2. The summed E-state index contributed by atoms with van der Waals surface area (Å²) < 4.78 is 20.2. The maximum atomic E-state index is 14.3. The number of fused-ring (bicyclic) bond motifs is 2. The molecular formula is C20H15FN2O2S. The number of rotatable bonds is 4. The second-order valence-corrected chi connectivity index (χ2v) is 6.88. The number of benzene rings is 2. The first kappa shape index (κ1) is 16.6.